The predicted octanol–water partition coefficient (Wildman–Crippen LogP) is 3.85. The molecule has 0 amide bonds. The standard InChI is InChI=1S/C15H24BrClN2O/c1-4-11(2)19(7-8-20-3)15(10-18)13-6-5-12(17)9-14(13)16/h5-6,9,11,15H,4,7-8,10,18H2,1-3H3. The summed E-state index contributed by atoms with van der Waals surface area (Å²) in [6.07, 6.45) is 1.07. The van der Waals surface area contributed by atoms with Gasteiger partial charge in [0.25, 0.3) is 0 Å². The lowest BCUT2D eigenvalue weighted by Gasteiger charge is -2.36. The van der Waals surface area contributed by atoms with Crippen LogP contribution >= 0.6 is 27.5 Å². The fourth-order valence-electron chi connectivity index (χ4n) is 2.33. The number of halogens is 2. The van der Waals surface area contributed by atoms with Crippen LogP contribution in [0.1, 0.15) is 31.9 Å². The van der Waals surface area contributed by atoms with Gasteiger partial charge in [-0.05, 0) is 31.0 Å². The van der Waals surface area contributed by atoms with Crippen LogP contribution in [0.5, 0.6) is 0 Å². The Labute approximate surface area is 135 Å². The smallest absolute Gasteiger partial charge is 0.0590 e. The zero-order valence-corrected chi connectivity index (χ0v) is 14.7. The van der Waals surface area contributed by atoms with Crippen molar-refractivity contribution in [1.82, 2.24) is 4.90 Å². The minimum Gasteiger partial charge on any atom is -0.383 e. The molecule has 0 radical (unpaired) electrons. The first-order chi connectivity index (χ1) is 9.54. The summed E-state index contributed by atoms with van der Waals surface area (Å²) in [5.74, 6) is 0. The molecule has 0 fully saturated rings. The Kier molecular flexibility index (Phi) is 8.07. The zero-order chi connectivity index (χ0) is 15.1. The molecule has 2 unspecified atom stereocenters. The van der Waals surface area contributed by atoms with Gasteiger partial charge in [0.05, 0.1) is 6.61 Å². The van der Waals surface area contributed by atoms with Gasteiger partial charge in [-0.25, -0.2) is 0 Å². The molecule has 2 N–H and O–H groups in total. The summed E-state index contributed by atoms with van der Waals surface area (Å²) in [4.78, 5) is 2.40. The van der Waals surface area contributed by atoms with Gasteiger partial charge in [0.2, 0.25) is 0 Å². The third-order valence-electron chi connectivity index (χ3n) is 3.66. The normalized spacial score (nSPS) is 14.6. The van der Waals surface area contributed by atoms with E-state index in [2.05, 4.69) is 34.7 Å². The summed E-state index contributed by atoms with van der Waals surface area (Å²) in [5, 5.41) is 0.725. The number of ether oxygens (including phenoxy) is 1. The lowest BCUT2D eigenvalue weighted by molar-refractivity contribution is 0.0900. The quantitative estimate of drug-likeness (QED) is 0.762. The van der Waals surface area contributed by atoms with Gasteiger partial charge < -0.3 is 10.5 Å². The molecular weight excluding hydrogens is 340 g/mol. The van der Waals surface area contributed by atoms with Crippen LogP contribution in [0.2, 0.25) is 5.02 Å². The minimum absolute atomic E-state index is 0.159. The summed E-state index contributed by atoms with van der Waals surface area (Å²) < 4.78 is 6.24. The summed E-state index contributed by atoms with van der Waals surface area (Å²) in [6.45, 7) is 6.54. The van der Waals surface area contributed by atoms with E-state index in [0.717, 1.165) is 22.5 Å². The second kappa shape index (κ2) is 9.00. The van der Waals surface area contributed by atoms with Crippen LogP contribution in [-0.4, -0.2) is 37.7 Å². The van der Waals surface area contributed by atoms with Crippen LogP contribution in [0.3, 0.4) is 0 Å². The number of rotatable bonds is 8. The van der Waals surface area contributed by atoms with Crippen molar-refractivity contribution in [3.05, 3.63) is 33.3 Å². The van der Waals surface area contributed by atoms with Crippen molar-refractivity contribution >= 4 is 27.5 Å². The summed E-state index contributed by atoms with van der Waals surface area (Å²) >= 11 is 9.62. The highest BCUT2D eigenvalue weighted by molar-refractivity contribution is 9.10. The van der Waals surface area contributed by atoms with Crippen molar-refractivity contribution < 1.29 is 4.74 Å². The Morgan fingerprint density at radius 1 is 1.45 bits per heavy atom. The Bertz CT molecular complexity index is 417. The van der Waals surface area contributed by atoms with E-state index < -0.39 is 0 Å². The number of benzene rings is 1. The van der Waals surface area contributed by atoms with Crippen molar-refractivity contribution in [3.63, 3.8) is 0 Å². The number of methoxy groups -OCH3 is 1. The molecule has 0 saturated heterocycles. The SMILES string of the molecule is CCC(C)N(CCOC)C(CN)c1ccc(Cl)cc1Br. The van der Waals surface area contributed by atoms with Gasteiger partial charge >= 0.3 is 0 Å². The fraction of sp³-hybridized carbons (Fsp3) is 0.600. The molecule has 0 heterocycles. The molecule has 1 aromatic carbocycles. The Morgan fingerprint density at radius 2 is 2.15 bits per heavy atom. The third kappa shape index (κ3) is 4.71. The second-order valence-electron chi connectivity index (χ2n) is 4.91. The lowest BCUT2D eigenvalue weighted by Crippen LogP contribution is -2.41. The second-order valence-corrected chi connectivity index (χ2v) is 6.20. The number of hydrogen-bond donors (Lipinski definition) is 1. The first-order valence-electron chi connectivity index (χ1n) is 6.94. The Hall–Kier alpha value is -0.130. The minimum atomic E-state index is 0.159. The van der Waals surface area contributed by atoms with E-state index in [0.29, 0.717) is 19.2 Å². The lowest BCUT2D eigenvalue weighted by atomic mass is 10.0. The highest BCUT2D eigenvalue weighted by Gasteiger charge is 2.24. The van der Waals surface area contributed by atoms with Crippen molar-refractivity contribution in [2.75, 3.05) is 26.8 Å². The van der Waals surface area contributed by atoms with Crippen molar-refractivity contribution in [2.45, 2.75) is 32.4 Å². The maximum absolute atomic E-state index is 6.04. The van der Waals surface area contributed by atoms with Crippen LogP contribution in [0.25, 0.3) is 0 Å². The highest BCUT2D eigenvalue weighted by Crippen LogP contribution is 2.31. The molecule has 0 aliphatic rings. The van der Waals surface area contributed by atoms with Gasteiger partial charge in [0.15, 0.2) is 0 Å². The zero-order valence-electron chi connectivity index (χ0n) is 12.4. The summed E-state index contributed by atoms with van der Waals surface area (Å²) in [6, 6.07) is 6.49. The molecule has 5 heteroatoms. The Morgan fingerprint density at radius 3 is 2.65 bits per heavy atom. The highest BCUT2D eigenvalue weighted by atomic mass is 79.9. The monoisotopic (exact) mass is 362 g/mol. The number of nitrogens with two attached hydrogens (primary N) is 1. The first kappa shape index (κ1) is 17.9. The average molecular weight is 364 g/mol. The van der Waals surface area contributed by atoms with Gasteiger partial charge in [-0.3, -0.25) is 4.90 Å². The molecule has 0 bridgehead atoms. The van der Waals surface area contributed by atoms with Crippen LogP contribution in [-0.2, 0) is 4.74 Å². The van der Waals surface area contributed by atoms with Crippen LogP contribution in [0, 0.1) is 0 Å². The molecule has 2 atom stereocenters. The van der Waals surface area contributed by atoms with Crippen LogP contribution < -0.4 is 5.73 Å². The largest absolute Gasteiger partial charge is 0.383 e. The van der Waals surface area contributed by atoms with Crippen molar-refractivity contribution in [1.29, 1.82) is 0 Å². The molecule has 1 rings (SSSR count). The van der Waals surface area contributed by atoms with E-state index in [1.807, 2.05) is 18.2 Å². The van der Waals surface area contributed by atoms with Crippen LogP contribution in [0.15, 0.2) is 22.7 Å². The third-order valence-corrected chi connectivity index (χ3v) is 4.58. The van der Waals surface area contributed by atoms with Gasteiger partial charge in [-0.2, -0.15) is 0 Å². The van der Waals surface area contributed by atoms with E-state index in [1.54, 1.807) is 7.11 Å². The molecule has 1 aromatic rings. The molecule has 0 saturated carbocycles. The fourth-order valence-corrected chi connectivity index (χ4v) is 3.27. The molecule has 3 nitrogen and oxygen atoms in total. The molecule has 0 spiro atoms. The topological polar surface area (TPSA) is 38.5 Å². The first-order valence-corrected chi connectivity index (χ1v) is 8.11. The maximum atomic E-state index is 6.04. The molecule has 0 aromatic heterocycles. The predicted molar refractivity (Wildman–Crippen MR) is 89.3 cm³/mol. The van der Waals surface area contributed by atoms with E-state index in [-0.39, 0.29) is 6.04 Å². The average Bonchev–Trinajstić information content (AvgIpc) is 2.44. The molecule has 0 aliphatic carbocycles. The molecule has 0 aliphatic heterocycles. The molecular formula is C15H24BrClN2O. The Balaban J connectivity index is 3.04. The molecule has 114 valence electrons. The van der Waals surface area contributed by atoms with Crippen molar-refractivity contribution in [3.8, 4) is 0 Å². The van der Waals surface area contributed by atoms with E-state index in [4.69, 9.17) is 22.1 Å². The van der Waals surface area contributed by atoms with Crippen LogP contribution in [0.4, 0.5) is 0 Å². The maximum Gasteiger partial charge on any atom is 0.0590 e. The molecule has 20 heavy (non-hydrogen) atoms. The van der Waals surface area contributed by atoms with Gasteiger partial charge in [0.1, 0.15) is 0 Å². The van der Waals surface area contributed by atoms with Gasteiger partial charge in [-0.15, -0.1) is 0 Å². The van der Waals surface area contributed by atoms with Crippen molar-refractivity contribution in [2.24, 2.45) is 5.73 Å². The number of hydrogen-bond acceptors (Lipinski definition) is 3. The number of nitrogens with zero attached hydrogens (tertiary/aromatic N) is 1. The summed E-state index contributed by atoms with van der Waals surface area (Å²) in [5.41, 5.74) is 7.21. The summed E-state index contributed by atoms with van der Waals surface area (Å²) in [7, 11) is 1.73. The van der Waals surface area contributed by atoms with E-state index >= 15 is 0 Å². The van der Waals surface area contributed by atoms with E-state index in [1.165, 1.54) is 5.56 Å². The van der Waals surface area contributed by atoms with Gasteiger partial charge in [0, 0.05) is 41.8 Å². The van der Waals surface area contributed by atoms with E-state index in [9.17, 15) is 0 Å². The van der Waals surface area contributed by atoms with Gasteiger partial charge in [-0.1, -0.05) is 40.5 Å².